The molecule has 1 heterocycles. The lowest BCUT2D eigenvalue weighted by Crippen LogP contribution is -2.26. The molecule has 4 rings (SSSR count). The van der Waals surface area contributed by atoms with E-state index in [2.05, 4.69) is 11.9 Å². The second-order valence-corrected chi connectivity index (χ2v) is 8.28. The molecular formula is C26H21NO5S. The van der Waals surface area contributed by atoms with Crippen LogP contribution in [0.15, 0.2) is 79.4 Å². The fourth-order valence-corrected chi connectivity index (χ4v) is 4.63. The van der Waals surface area contributed by atoms with E-state index in [1.165, 1.54) is 17.4 Å². The molecule has 7 heteroatoms. The van der Waals surface area contributed by atoms with E-state index >= 15 is 0 Å². The van der Waals surface area contributed by atoms with Gasteiger partial charge in [0, 0.05) is 26.1 Å². The molecule has 0 aliphatic rings. The number of amides is 1. The summed E-state index contributed by atoms with van der Waals surface area (Å²) in [5.41, 5.74) is 1.84. The molecule has 0 aliphatic carbocycles. The van der Waals surface area contributed by atoms with Crippen molar-refractivity contribution in [2.75, 3.05) is 13.2 Å². The highest BCUT2D eigenvalue weighted by Gasteiger charge is 2.22. The molecule has 0 radical (unpaired) electrons. The summed E-state index contributed by atoms with van der Waals surface area (Å²) < 4.78 is 6.40. The van der Waals surface area contributed by atoms with Crippen LogP contribution in [0, 0.1) is 0 Å². The maximum Gasteiger partial charge on any atom is 0.243 e. The number of carbonyl (C=O) groups is 2. The van der Waals surface area contributed by atoms with Crippen molar-refractivity contribution >= 4 is 33.1 Å². The Morgan fingerprint density at radius 1 is 0.970 bits per heavy atom. The van der Waals surface area contributed by atoms with Crippen LogP contribution in [-0.4, -0.2) is 35.1 Å². The summed E-state index contributed by atoms with van der Waals surface area (Å²) in [7, 11) is 0. The molecule has 4 aromatic rings. The van der Waals surface area contributed by atoms with Gasteiger partial charge in [-0.15, -0.1) is 11.3 Å². The highest BCUT2D eigenvalue weighted by atomic mass is 32.1. The topological polar surface area (TPSA) is 95.9 Å². The molecule has 1 aromatic heterocycles. The highest BCUT2D eigenvalue weighted by Crippen LogP contribution is 2.41. The number of phenols is 2. The van der Waals surface area contributed by atoms with Crippen molar-refractivity contribution in [3.63, 3.8) is 0 Å². The van der Waals surface area contributed by atoms with Gasteiger partial charge in [-0.1, -0.05) is 6.58 Å². The zero-order valence-corrected chi connectivity index (χ0v) is 18.4. The van der Waals surface area contributed by atoms with Crippen molar-refractivity contribution in [1.82, 2.24) is 5.32 Å². The molecule has 3 N–H and O–H groups in total. The predicted octanol–water partition coefficient (Wildman–Crippen LogP) is 4.89. The van der Waals surface area contributed by atoms with Crippen molar-refractivity contribution in [1.29, 1.82) is 0 Å². The van der Waals surface area contributed by atoms with Gasteiger partial charge in [0.05, 0.1) is 6.54 Å². The Kier molecular flexibility index (Phi) is 6.42. The van der Waals surface area contributed by atoms with E-state index in [1.807, 2.05) is 0 Å². The van der Waals surface area contributed by atoms with E-state index in [0.29, 0.717) is 23.4 Å². The molecule has 0 aliphatic heterocycles. The standard InChI is InChI=1S/C26H21NO5S/c1-2-23(30)27-13-14-32-20-10-5-16(6-11-20)25(31)24-21-12-9-19(29)15-22(21)33-26(24)17-3-7-18(28)8-4-17/h2-12,15,28-29H,1,13-14H2,(H,27,30). The molecule has 0 atom stereocenters. The highest BCUT2D eigenvalue weighted by molar-refractivity contribution is 7.22. The third-order valence-corrected chi connectivity index (χ3v) is 6.20. The van der Waals surface area contributed by atoms with Gasteiger partial charge in [0.2, 0.25) is 5.91 Å². The Labute approximate surface area is 194 Å². The molecule has 1 amide bonds. The van der Waals surface area contributed by atoms with Gasteiger partial charge in [0.15, 0.2) is 5.78 Å². The Hall–Kier alpha value is -4.10. The number of phenolic OH excluding ortho intramolecular Hbond substituents is 2. The lowest BCUT2D eigenvalue weighted by Gasteiger charge is -2.08. The van der Waals surface area contributed by atoms with Crippen molar-refractivity contribution < 1.29 is 24.5 Å². The number of hydrogen-bond acceptors (Lipinski definition) is 6. The molecule has 166 valence electrons. The molecule has 6 nitrogen and oxygen atoms in total. The summed E-state index contributed by atoms with van der Waals surface area (Å²) in [5.74, 6) is 0.439. The number of ether oxygens (including phenoxy) is 1. The van der Waals surface area contributed by atoms with E-state index in [-0.39, 0.29) is 29.8 Å². The average molecular weight is 460 g/mol. The summed E-state index contributed by atoms with van der Waals surface area (Å²) >= 11 is 1.41. The monoisotopic (exact) mass is 459 g/mol. The molecule has 0 fully saturated rings. The van der Waals surface area contributed by atoms with Crippen molar-refractivity contribution in [2.45, 2.75) is 0 Å². The second-order valence-electron chi connectivity index (χ2n) is 7.23. The minimum Gasteiger partial charge on any atom is -0.508 e. The second kappa shape index (κ2) is 9.58. The van der Waals surface area contributed by atoms with Crippen LogP contribution in [0.1, 0.15) is 15.9 Å². The number of ketones is 1. The Balaban J connectivity index is 1.62. The number of rotatable bonds is 8. The fourth-order valence-electron chi connectivity index (χ4n) is 3.39. The normalized spacial score (nSPS) is 10.7. The van der Waals surface area contributed by atoms with Crippen LogP contribution < -0.4 is 10.1 Å². The third-order valence-electron chi connectivity index (χ3n) is 5.00. The number of nitrogens with one attached hydrogen (secondary N) is 1. The van der Waals surface area contributed by atoms with Gasteiger partial charge in [0.25, 0.3) is 0 Å². The smallest absolute Gasteiger partial charge is 0.243 e. The van der Waals surface area contributed by atoms with Crippen molar-refractivity contribution in [3.8, 4) is 27.7 Å². The van der Waals surface area contributed by atoms with E-state index < -0.39 is 0 Å². The van der Waals surface area contributed by atoms with Gasteiger partial charge in [-0.3, -0.25) is 9.59 Å². The van der Waals surface area contributed by atoms with Crippen LogP contribution in [0.2, 0.25) is 0 Å². The molecule has 0 bridgehead atoms. The Bertz CT molecular complexity index is 1320. The summed E-state index contributed by atoms with van der Waals surface area (Å²) in [5, 5.41) is 22.9. The Morgan fingerprint density at radius 3 is 2.36 bits per heavy atom. The number of fused-ring (bicyclic) bond motifs is 1. The molecule has 3 aromatic carbocycles. The summed E-state index contributed by atoms with van der Waals surface area (Å²) in [6.45, 7) is 4.02. The minimum atomic E-state index is -0.264. The third kappa shape index (κ3) is 4.88. The van der Waals surface area contributed by atoms with Crippen LogP contribution in [0.5, 0.6) is 17.2 Å². The van der Waals surface area contributed by atoms with Gasteiger partial charge in [0.1, 0.15) is 23.9 Å². The summed E-state index contributed by atoms with van der Waals surface area (Å²) in [6.07, 6.45) is 1.20. The lowest BCUT2D eigenvalue weighted by molar-refractivity contribution is -0.116. The van der Waals surface area contributed by atoms with Gasteiger partial charge in [-0.25, -0.2) is 0 Å². The first-order chi connectivity index (χ1) is 16.0. The minimum absolute atomic E-state index is 0.130. The zero-order chi connectivity index (χ0) is 23.4. The first-order valence-electron chi connectivity index (χ1n) is 10.2. The first-order valence-corrected chi connectivity index (χ1v) is 11.0. The van der Waals surface area contributed by atoms with E-state index in [4.69, 9.17) is 4.74 Å². The van der Waals surface area contributed by atoms with E-state index in [9.17, 15) is 19.8 Å². The van der Waals surface area contributed by atoms with Crippen LogP contribution >= 0.6 is 11.3 Å². The number of aromatic hydroxyl groups is 2. The maximum absolute atomic E-state index is 13.5. The molecule has 33 heavy (non-hydrogen) atoms. The van der Waals surface area contributed by atoms with E-state index in [1.54, 1.807) is 66.7 Å². The summed E-state index contributed by atoms with van der Waals surface area (Å²) in [6, 6.07) is 18.5. The molecule has 0 unspecified atom stereocenters. The van der Waals surface area contributed by atoms with Gasteiger partial charge in [-0.05, 0) is 78.4 Å². The van der Waals surface area contributed by atoms with Crippen LogP contribution in [0.3, 0.4) is 0 Å². The molecule has 0 saturated heterocycles. The number of benzene rings is 3. The Morgan fingerprint density at radius 2 is 1.67 bits per heavy atom. The molecular weight excluding hydrogens is 438 g/mol. The predicted molar refractivity (Wildman–Crippen MR) is 129 cm³/mol. The van der Waals surface area contributed by atoms with Crippen LogP contribution in [-0.2, 0) is 4.79 Å². The van der Waals surface area contributed by atoms with Crippen molar-refractivity contribution in [2.24, 2.45) is 0 Å². The summed E-state index contributed by atoms with van der Waals surface area (Å²) in [4.78, 5) is 25.5. The van der Waals surface area contributed by atoms with Gasteiger partial charge < -0.3 is 20.3 Å². The largest absolute Gasteiger partial charge is 0.508 e. The maximum atomic E-state index is 13.5. The zero-order valence-electron chi connectivity index (χ0n) is 17.6. The average Bonchev–Trinajstić information content (AvgIpc) is 3.20. The number of carbonyl (C=O) groups excluding carboxylic acids is 2. The van der Waals surface area contributed by atoms with Crippen LogP contribution in [0.4, 0.5) is 0 Å². The number of thiophene rings is 1. The SMILES string of the molecule is C=CC(=O)NCCOc1ccc(C(=O)c2c(-c3ccc(O)cc3)sc3cc(O)ccc23)cc1. The number of hydrogen-bond donors (Lipinski definition) is 3. The quantitative estimate of drug-likeness (QED) is 0.198. The van der Waals surface area contributed by atoms with Gasteiger partial charge in [-0.2, -0.15) is 0 Å². The fraction of sp³-hybridized carbons (Fsp3) is 0.0769. The van der Waals surface area contributed by atoms with Crippen LogP contribution in [0.25, 0.3) is 20.5 Å². The molecule has 0 spiro atoms. The van der Waals surface area contributed by atoms with E-state index in [0.717, 1.165) is 20.5 Å². The van der Waals surface area contributed by atoms with Crippen molar-refractivity contribution in [3.05, 3.63) is 90.5 Å². The first kappa shape index (κ1) is 22.1. The van der Waals surface area contributed by atoms with Gasteiger partial charge >= 0.3 is 0 Å². The molecule has 0 saturated carbocycles. The lowest BCUT2D eigenvalue weighted by atomic mass is 9.97.